The van der Waals surface area contributed by atoms with Crippen molar-refractivity contribution in [2.75, 3.05) is 39.6 Å². The molecule has 0 bridgehead atoms. The third-order valence-corrected chi connectivity index (χ3v) is 18.4. The van der Waals surface area contributed by atoms with Crippen molar-refractivity contribution < 1.29 is 80.2 Å². The Morgan fingerprint density at radius 1 is 0.264 bits per heavy atom. The first-order chi connectivity index (χ1) is 53.7. The number of aliphatic hydroxyl groups excluding tert-OH is 1. The van der Waals surface area contributed by atoms with Crippen LogP contribution in [-0.4, -0.2) is 96.7 Å². The number of phosphoric acid groups is 2. The Morgan fingerprint density at radius 3 is 0.836 bits per heavy atom. The van der Waals surface area contributed by atoms with Crippen LogP contribution in [-0.2, 0) is 65.4 Å². The van der Waals surface area contributed by atoms with E-state index in [9.17, 15) is 43.2 Å². The lowest BCUT2D eigenvalue weighted by atomic mass is 10.1. The fourth-order valence-corrected chi connectivity index (χ4v) is 11.8. The number of carbonyl (C=O) groups excluding carboxylic acids is 4. The molecule has 19 heteroatoms. The molecule has 0 spiro atoms. The quantitative estimate of drug-likeness (QED) is 0.0169. The molecule has 5 atom stereocenters. The summed E-state index contributed by atoms with van der Waals surface area (Å²) in [4.78, 5) is 73.1. The van der Waals surface area contributed by atoms with Gasteiger partial charge in [-0.15, -0.1) is 0 Å². The number of hydrogen-bond donors (Lipinski definition) is 3. The van der Waals surface area contributed by atoms with Crippen LogP contribution in [0.4, 0.5) is 0 Å². The normalized spacial score (nSPS) is 14.8. The Balaban J connectivity index is 5.57. The summed E-state index contributed by atoms with van der Waals surface area (Å²) >= 11 is 0. The second-order valence-corrected chi connectivity index (χ2v) is 29.9. The Kier molecular flexibility index (Phi) is 76.4. The average Bonchev–Trinajstić information content (AvgIpc) is 0.908. The Hall–Kier alpha value is -6.10. The number of carbonyl (C=O) groups is 4. The van der Waals surface area contributed by atoms with E-state index in [1.54, 1.807) is 0 Å². The van der Waals surface area contributed by atoms with Crippen molar-refractivity contribution in [3.63, 3.8) is 0 Å². The summed E-state index contributed by atoms with van der Waals surface area (Å²) in [7, 11) is -10.0. The number of esters is 4. The predicted molar refractivity (Wildman–Crippen MR) is 454 cm³/mol. The van der Waals surface area contributed by atoms with Gasteiger partial charge in [-0.25, -0.2) is 9.13 Å². The zero-order chi connectivity index (χ0) is 80.3. The summed E-state index contributed by atoms with van der Waals surface area (Å²) in [6.45, 7) is 4.45. The molecule has 0 fully saturated rings. The van der Waals surface area contributed by atoms with Crippen LogP contribution in [0.15, 0.2) is 194 Å². The lowest BCUT2D eigenvalue weighted by Gasteiger charge is -2.21. The largest absolute Gasteiger partial charge is 0.472 e. The molecule has 0 heterocycles. The first-order valence-electron chi connectivity index (χ1n) is 41.7. The second-order valence-electron chi connectivity index (χ2n) is 27.0. The summed E-state index contributed by atoms with van der Waals surface area (Å²) in [5.74, 6) is -2.43. The molecule has 3 N–H and O–H groups in total. The average molecular weight is 1570 g/mol. The van der Waals surface area contributed by atoms with Crippen molar-refractivity contribution in [3.05, 3.63) is 194 Å². The molecule has 0 radical (unpaired) electrons. The van der Waals surface area contributed by atoms with Gasteiger partial charge in [0.15, 0.2) is 12.2 Å². The van der Waals surface area contributed by atoms with Gasteiger partial charge in [0.05, 0.1) is 26.4 Å². The van der Waals surface area contributed by atoms with E-state index < -0.39 is 97.5 Å². The first-order valence-corrected chi connectivity index (χ1v) is 44.7. The van der Waals surface area contributed by atoms with E-state index in [1.165, 1.54) is 64.2 Å². The molecule has 0 rings (SSSR count). The molecular formula is C91H146O17P2. The highest BCUT2D eigenvalue weighted by Gasteiger charge is 2.30. The summed E-state index contributed by atoms with van der Waals surface area (Å²) in [5.41, 5.74) is 0. The molecule has 0 saturated heterocycles. The van der Waals surface area contributed by atoms with Gasteiger partial charge in [0, 0.05) is 25.7 Å². The molecule has 0 aromatic heterocycles. The zero-order valence-corrected chi connectivity index (χ0v) is 69.9. The Labute approximate surface area is 666 Å². The van der Waals surface area contributed by atoms with E-state index >= 15 is 0 Å². The molecule has 2 unspecified atom stereocenters. The molecule has 17 nitrogen and oxygen atoms in total. The first kappa shape index (κ1) is 104. The van der Waals surface area contributed by atoms with Gasteiger partial charge in [-0.2, -0.15) is 0 Å². The van der Waals surface area contributed by atoms with Crippen molar-refractivity contribution in [1.82, 2.24) is 0 Å². The van der Waals surface area contributed by atoms with Crippen molar-refractivity contribution in [2.45, 2.75) is 316 Å². The lowest BCUT2D eigenvalue weighted by molar-refractivity contribution is -0.161. The van der Waals surface area contributed by atoms with Crippen LogP contribution >= 0.6 is 15.6 Å². The van der Waals surface area contributed by atoms with Crippen LogP contribution in [0.5, 0.6) is 0 Å². The predicted octanol–water partition coefficient (Wildman–Crippen LogP) is 24.9. The minimum absolute atomic E-state index is 0.0143. The minimum Gasteiger partial charge on any atom is -0.462 e. The molecule has 110 heavy (non-hydrogen) atoms. The molecule has 0 aliphatic carbocycles. The summed E-state index contributed by atoms with van der Waals surface area (Å²) in [5, 5.41) is 10.7. The number of unbranched alkanes of at least 4 members (excludes halogenated alkanes) is 18. The van der Waals surface area contributed by atoms with E-state index in [2.05, 4.69) is 186 Å². The Morgan fingerprint density at radius 2 is 0.491 bits per heavy atom. The van der Waals surface area contributed by atoms with Crippen LogP contribution in [0.25, 0.3) is 0 Å². The van der Waals surface area contributed by atoms with Gasteiger partial charge in [0.25, 0.3) is 0 Å². The number of allylic oxidation sites excluding steroid dienone is 32. The zero-order valence-electron chi connectivity index (χ0n) is 68.1. The number of ether oxygens (including phenoxy) is 4. The SMILES string of the molecule is CC/C=C\C/C=C\C/C=C\C/C=C\C/C=C\CCCCCC(=O)O[C@H](COC(=O)CCCCCCC/C=C\CCCCCC)COP(=O)(O)OC[C@H](O)COP(=O)(O)OC[C@@H](COC(=O)CC/C=C\C/C=C\C/C=C\C/C=C\C/C=C\CCCCC)OC(=O)CC/C=C\C/C=C\C/C=C\C/C=C\C/C=C\CCCCC. The molecule has 0 aromatic rings. The van der Waals surface area contributed by atoms with Crippen molar-refractivity contribution >= 4 is 39.5 Å². The highest BCUT2D eigenvalue weighted by Crippen LogP contribution is 2.45. The fourth-order valence-electron chi connectivity index (χ4n) is 10.2. The number of hydrogen-bond acceptors (Lipinski definition) is 15. The van der Waals surface area contributed by atoms with Gasteiger partial charge in [0.2, 0.25) is 0 Å². The van der Waals surface area contributed by atoms with E-state index in [0.717, 1.165) is 141 Å². The van der Waals surface area contributed by atoms with Crippen molar-refractivity contribution in [3.8, 4) is 0 Å². The highest BCUT2D eigenvalue weighted by molar-refractivity contribution is 7.47. The topological polar surface area (TPSA) is 237 Å². The third kappa shape index (κ3) is 80.0. The van der Waals surface area contributed by atoms with E-state index in [4.69, 9.17) is 37.0 Å². The monoisotopic (exact) mass is 1570 g/mol. The third-order valence-electron chi connectivity index (χ3n) is 16.5. The summed E-state index contributed by atoms with van der Waals surface area (Å²) in [6, 6.07) is 0. The summed E-state index contributed by atoms with van der Waals surface area (Å²) < 4.78 is 68.5. The lowest BCUT2D eigenvalue weighted by Crippen LogP contribution is -2.30. The van der Waals surface area contributed by atoms with Crippen molar-refractivity contribution in [2.24, 2.45) is 0 Å². The molecular weight excluding hydrogens is 1430 g/mol. The maximum Gasteiger partial charge on any atom is 0.472 e. The molecule has 0 saturated carbocycles. The van der Waals surface area contributed by atoms with Gasteiger partial charge in [-0.1, -0.05) is 293 Å². The molecule has 0 aliphatic heterocycles. The van der Waals surface area contributed by atoms with Crippen LogP contribution in [0.2, 0.25) is 0 Å². The van der Waals surface area contributed by atoms with Crippen LogP contribution in [0.3, 0.4) is 0 Å². The van der Waals surface area contributed by atoms with Crippen LogP contribution < -0.4 is 0 Å². The van der Waals surface area contributed by atoms with Gasteiger partial charge in [-0.3, -0.25) is 37.3 Å². The molecule has 622 valence electrons. The second kappa shape index (κ2) is 80.9. The molecule has 0 aliphatic rings. The number of aliphatic hydroxyl groups is 1. The molecule has 0 amide bonds. The summed E-state index contributed by atoms with van der Waals surface area (Å²) in [6.07, 6.45) is 100. The fraction of sp³-hybridized carbons (Fsp3) is 0.604. The standard InChI is InChI=1S/C91H146O17P2/c1-5-9-13-17-21-25-29-33-36-39-42-45-48-52-56-60-64-68-72-76-89(94)102-82-87(108-91(96)78-74-70-66-62-58-54-50-47-44-41-38-35-31-27-23-19-15-11-7-3)84-106-110(99,100)104-80-85(92)79-103-109(97,98)105-83-86(81-101-88(93)75-71-67-63-59-55-51-32-28-24-20-16-12-8-4)107-90(95)77-73-69-65-61-57-53-49-46-43-40-37-34-30-26-22-18-14-10-6-2/h10,14,21-23,25-28,32-38,42-47,52-54,56-58,64,66,68,70,85-87,92H,5-9,11-13,15-20,24,29-31,39-41,48-51,55,59-63,65,67,69,71-84H2,1-4H3,(H,97,98)(H,99,100)/b14-10-,25-21-,26-22-,27-23-,32-28-,36-33-,37-34-,38-35-,45-42-,46-43-,47-44-,56-52-,57-53-,58-54-,68-64-,70-66-/t85-,86+,87+/m0/s1. The maximum absolute atomic E-state index is 13.1. The number of rotatable bonds is 76. The smallest absolute Gasteiger partial charge is 0.462 e. The van der Waals surface area contributed by atoms with E-state index in [0.29, 0.717) is 38.5 Å². The van der Waals surface area contributed by atoms with Crippen LogP contribution in [0.1, 0.15) is 297 Å². The van der Waals surface area contributed by atoms with E-state index in [-0.39, 0.29) is 25.7 Å². The van der Waals surface area contributed by atoms with Gasteiger partial charge in [0.1, 0.15) is 19.3 Å². The van der Waals surface area contributed by atoms with Crippen LogP contribution in [0, 0.1) is 0 Å². The van der Waals surface area contributed by atoms with Gasteiger partial charge in [-0.05, 0) is 173 Å². The Bertz CT molecular complexity index is 2850. The number of phosphoric ester groups is 2. The molecule has 0 aromatic carbocycles. The minimum atomic E-state index is -5.03. The van der Waals surface area contributed by atoms with Gasteiger partial charge < -0.3 is 33.8 Å². The van der Waals surface area contributed by atoms with Crippen molar-refractivity contribution in [1.29, 1.82) is 0 Å². The van der Waals surface area contributed by atoms with Gasteiger partial charge >= 0.3 is 39.5 Å². The maximum atomic E-state index is 13.1. The highest BCUT2D eigenvalue weighted by atomic mass is 31.2. The van der Waals surface area contributed by atoms with E-state index in [1.807, 2.05) is 36.5 Å².